The minimum Gasteiger partial charge on any atom is -0.497 e. The molecule has 0 fully saturated rings. The van der Waals surface area contributed by atoms with E-state index in [1.54, 1.807) is 26.0 Å². The molecule has 0 radical (unpaired) electrons. The number of likely N-dealkylation sites (N-methyl/N-ethyl adjacent to an activating group) is 1. The maximum atomic E-state index is 12.9. The van der Waals surface area contributed by atoms with Crippen molar-refractivity contribution in [3.8, 4) is 5.75 Å². The Morgan fingerprint density at radius 1 is 1.12 bits per heavy atom. The summed E-state index contributed by atoms with van der Waals surface area (Å²) in [5.41, 5.74) is 2.99. The van der Waals surface area contributed by atoms with Crippen LogP contribution in [0.25, 0.3) is 0 Å². The Morgan fingerprint density at radius 2 is 1.81 bits per heavy atom. The van der Waals surface area contributed by atoms with E-state index in [1.807, 2.05) is 55.5 Å². The Morgan fingerprint density at radius 3 is 2.42 bits per heavy atom. The van der Waals surface area contributed by atoms with Gasteiger partial charge in [-0.3, -0.25) is 9.59 Å². The van der Waals surface area contributed by atoms with Crippen molar-refractivity contribution in [2.75, 3.05) is 14.2 Å². The summed E-state index contributed by atoms with van der Waals surface area (Å²) < 4.78 is 5.25. The molecule has 0 aliphatic carbocycles. The van der Waals surface area contributed by atoms with Crippen molar-refractivity contribution in [2.45, 2.75) is 32.9 Å². The highest BCUT2D eigenvalue weighted by molar-refractivity contribution is 5.88. The molecule has 0 heterocycles. The average Bonchev–Trinajstić information content (AvgIpc) is 2.66. The number of nitrogens with zero attached hydrogens (tertiary/aromatic N) is 1. The predicted molar refractivity (Wildman–Crippen MR) is 102 cm³/mol. The van der Waals surface area contributed by atoms with E-state index in [2.05, 4.69) is 5.32 Å². The number of hydrogen-bond donors (Lipinski definition) is 1. The average molecular weight is 354 g/mol. The van der Waals surface area contributed by atoms with E-state index < -0.39 is 6.04 Å². The second kappa shape index (κ2) is 9.04. The number of carbonyl (C=O) groups excluding carboxylic acids is 2. The van der Waals surface area contributed by atoms with Gasteiger partial charge in [0.15, 0.2) is 0 Å². The van der Waals surface area contributed by atoms with Gasteiger partial charge in [-0.15, -0.1) is 0 Å². The van der Waals surface area contributed by atoms with Crippen LogP contribution in [0.2, 0.25) is 0 Å². The Hall–Kier alpha value is -2.82. The lowest BCUT2D eigenvalue weighted by Gasteiger charge is -2.28. The van der Waals surface area contributed by atoms with Crippen molar-refractivity contribution in [2.24, 2.45) is 0 Å². The number of methoxy groups -OCH3 is 1. The van der Waals surface area contributed by atoms with Crippen molar-refractivity contribution in [3.63, 3.8) is 0 Å². The summed E-state index contributed by atoms with van der Waals surface area (Å²) in [4.78, 5) is 26.7. The van der Waals surface area contributed by atoms with Gasteiger partial charge in [0.05, 0.1) is 13.5 Å². The van der Waals surface area contributed by atoms with Gasteiger partial charge in [0.1, 0.15) is 11.8 Å². The number of benzene rings is 2. The SMILES string of the molecule is CNC(=O)[C@@H](C)N(Cc1cccc(OC)c1)C(=O)Cc1ccc(C)cc1. The summed E-state index contributed by atoms with van der Waals surface area (Å²) in [7, 11) is 3.18. The topological polar surface area (TPSA) is 58.6 Å². The first-order valence-corrected chi connectivity index (χ1v) is 8.64. The van der Waals surface area contributed by atoms with Crippen LogP contribution in [0.4, 0.5) is 0 Å². The van der Waals surface area contributed by atoms with Crippen molar-refractivity contribution in [1.82, 2.24) is 10.2 Å². The van der Waals surface area contributed by atoms with Gasteiger partial charge < -0.3 is 15.0 Å². The second-order valence-corrected chi connectivity index (χ2v) is 6.33. The molecule has 138 valence electrons. The van der Waals surface area contributed by atoms with Gasteiger partial charge >= 0.3 is 0 Å². The van der Waals surface area contributed by atoms with Gasteiger partial charge in [-0.25, -0.2) is 0 Å². The van der Waals surface area contributed by atoms with E-state index >= 15 is 0 Å². The van der Waals surface area contributed by atoms with E-state index in [1.165, 1.54) is 0 Å². The van der Waals surface area contributed by atoms with Gasteiger partial charge in [-0.05, 0) is 37.1 Å². The molecule has 2 amide bonds. The standard InChI is InChI=1S/C21H26N2O3/c1-15-8-10-17(11-9-15)13-20(24)23(16(2)21(25)22-3)14-18-6-5-7-19(12-18)26-4/h5-12,16H,13-14H2,1-4H3,(H,22,25)/t16-/m1/s1. The smallest absolute Gasteiger partial charge is 0.242 e. The first-order valence-electron chi connectivity index (χ1n) is 8.64. The van der Waals surface area contributed by atoms with E-state index in [-0.39, 0.29) is 18.2 Å². The Kier molecular flexibility index (Phi) is 6.78. The summed E-state index contributed by atoms with van der Waals surface area (Å²) in [5, 5.41) is 2.62. The molecule has 2 rings (SSSR count). The summed E-state index contributed by atoms with van der Waals surface area (Å²) in [6, 6.07) is 14.8. The van der Waals surface area contributed by atoms with Crippen LogP contribution in [-0.2, 0) is 22.6 Å². The van der Waals surface area contributed by atoms with Crippen LogP contribution in [0.3, 0.4) is 0 Å². The van der Waals surface area contributed by atoms with E-state index in [0.29, 0.717) is 6.54 Å². The molecule has 0 unspecified atom stereocenters. The van der Waals surface area contributed by atoms with Gasteiger partial charge in [0, 0.05) is 13.6 Å². The van der Waals surface area contributed by atoms with Crippen molar-refractivity contribution >= 4 is 11.8 Å². The maximum Gasteiger partial charge on any atom is 0.242 e. The van der Waals surface area contributed by atoms with Crippen LogP contribution in [0, 0.1) is 6.92 Å². The number of rotatable bonds is 7. The zero-order valence-electron chi connectivity index (χ0n) is 15.8. The lowest BCUT2D eigenvalue weighted by molar-refractivity contribution is -0.139. The first kappa shape index (κ1) is 19.5. The summed E-state index contributed by atoms with van der Waals surface area (Å²) in [6.07, 6.45) is 0.256. The van der Waals surface area contributed by atoms with E-state index in [4.69, 9.17) is 4.74 Å². The molecule has 26 heavy (non-hydrogen) atoms. The van der Waals surface area contributed by atoms with Crippen LogP contribution < -0.4 is 10.1 Å². The predicted octanol–water partition coefficient (Wildman–Crippen LogP) is 2.71. The fraction of sp³-hybridized carbons (Fsp3) is 0.333. The Bertz CT molecular complexity index is 756. The molecule has 0 bridgehead atoms. The molecule has 1 N–H and O–H groups in total. The van der Waals surface area contributed by atoms with Crippen LogP contribution >= 0.6 is 0 Å². The van der Waals surface area contributed by atoms with Crippen molar-refractivity contribution < 1.29 is 14.3 Å². The number of hydrogen-bond acceptors (Lipinski definition) is 3. The lowest BCUT2D eigenvalue weighted by Crippen LogP contribution is -2.47. The number of ether oxygens (including phenoxy) is 1. The molecule has 5 nitrogen and oxygen atoms in total. The third-order valence-corrected chi connectivity index (χ3v) is 4.38. The quantitative estimate of drug-likeness (QED) is 0.832. The summed E-state index contributed by atoms with van der Waals surface area (Å²) in [5.74, 6) is 0.443. The minimum absolute atomic E-state index is 0.0900. The summed E-state index contributed by atoms with van der Waals surface area (Å²) in [6.45, 7) is 4.09. The number of carbonyl (C=O) groups is 2. The van der Waals surface area contributed by atoms with Crippen molar-refractivity contribution in [3.05, 3.63) is 65.2 Å². The fourth-order valence-electron chi connectivity index (χ4n) is 2.74. The molecule has 0 aliphatic heterocycles. The fourth-order valence-corrected chi connectivity index (χ4v) is 2.74. The van der Waals surface area contributed by atoms with Crippen LogP contribution in [0.15, 0.2) is 48.5 Å². The van der Waals surface area contributed by atoms with Crippen LogP contribution in [0.1, 0.15) is 23.6 Å². The zero-order valence-corrected chi connectivity index (χ0v) is 15.8. The van der Waals surface area contributed by atoms with E-state index in [9.17, 15) is 9.59 Å². The highest BCUT2D eigenvalue weighted by atomic mass is 16.5. The normalized spacial score (nSPS) is 11.5. The molecular formula is C21H26N2O3. The zero-order chi connectivity index (χ0) is 19.1. The maximum absolute atomic E-state index is 12.9. The monoisotopic (exact) mass is 354 g/mol. The van der Waals surface area contributed by atoms with Crippen LogP contribution in [-0.4, -0.2) is 36.9 Å². The lowest BCUT2D eigenvalue weighted by atomic mass is 10.1. The molecule has 0 saturated carbocycles. The Labute approximate surface area is 155 Å². The molecule has 2 aromatic rings. The minimum atomic E-state index is -0.566. The molecule has 5 heteroatoms. The third kappa shape index (κ3) is 5.09. The molecule has 2 aromatic carbocycles. The largest absolute Gasteiger partial charge is 0.497 e. The van der Waals surface area contributed by atoms with Gasteiger partial charge in [-0.1, -0.05) is 42.0 Å². The molecule has 0 saturated heterocycles. The number of amides is 2. The number of nitrogens with one attached hydrogen (secondary N) is 1. The molecular weight excluding hydrogens is 328 g/mol. The molecule has 0 aliphatic rings. The van der Waals surface area contributed by atoms with Gasteiger partial charge in [0.25, 0.3) is 0 Å². The Balaban J connectivity index is 2.22. The highest BCUT2D eigenvalue weighted by Gasteiger charge is 2.25. The third-order valence-electron chi connectivity index (χ3n) is 4.38. The van der Waals surface area contributed by atoms with E-state index in [0.717, 1.165) is 22.4 Å². The first-order chi connectivity index (χ1) is 12.4. The second-order valence-electron chi connectivity index (χ2n) is 6.33. The van der Waals surface area contributed by atoms with Crippen LogP contribution in [0.5, 0.6) is 5.75 Å². The van der Waals surface area contributed by atoms with Gasteiger partial charge in [-0.2, -0.15) is 0 Å². The molecule has 0 aromatic heterocycles. The van der Waals surface area contributed by atoms with Gasteiger partial charge in [0.2, 0.25) is 11.8 Å². The molecule has 0 spiro atoms. The van der Waals surface area contributed by atoms with Crippen molar-refractivity contribution in [1.29, 1.82) is 0 Å². The highest BCUT2D eigenvalue weighted by Crippen LogP contribution is 2.17. The molecule has 1 atom stereocenters. The summed E-state index contributed by atoms with van der Waals surface area (Å²) >= 11 is 0. The number of aryl methyl sites for hydroxylation is 1.